The molecule has 0 saturated carbocycles. The van der Waals surface area contributed by atoms with E-state index < -0.39 is 23.9 Å². The number of aromatic hydroxyl groups is 1. The molecule has 2 aromatic rings. The molecule has 8 nitrogen and oxygen atoms in total. The molecule has 4 atom stereocenters. The van der Waals surface area contributed by atoms with Crippen molar-refractivity contribution in [2.45, 2.75) is 52.6 Å². The number of fused-ring (bicyclic) bond motifs is 1. The van der Waals surface area contributed by atoms with E-state index in [4.69, 9.17) is 4.74 Å². The molecule has 1 aromatic heterocycles. The van der Waals surface area contributed by atoms with Crippen LogP contribution in [-0.2, 0) is 9.59 Å². The number of likely N-dealkylation sites (tertiary alicyclic amines) is 1. The van der Waals surface area contributed by atoms with E-state index in [1.54, 1.807) is 12.3 Å². The van der Waals surface area contributed by atoms with Crippen LogP contribution < -0.4 is 4.74 Å². The topological polar surface area (TPSA) is 120 Å². The highest BCUT2D eigenvalue weighted by Gasteiger charge is 2.54. The number of aromatic nitrogens is 1. The van der Waals surface area contributed by atoms with Crippen molar-refractivity contribution in [3.63, 3.8) is 0 Å². The number of rotatable bonds is 11. The van der Waals surface area contributed by atoms with Crippen LogP contribution in [0.15, 0.2) is 47.7 Å². The van der Waals surface area contributed by atoms with E-state index in [2.05, 4.69) is 27.6 Å². The number of aliphatic hydroxyl groups excluding tert-OH is 2. The van der Waals surface area contributed by atoms with Gasteiger partial charge in [-0.1, -0.05) is 32.4 Å². The van der Waals surface area contributed by atoms with Gasteiger partial charge in [0.2, 0.25) is 11.8 Å². The van der Waals surface area contributed by atoms with Gasteiger partial charge in [-0.2, -0.15) is 0 Å². The zero-order valence-corrected chi connectivity index (χ0v) is 26.2. The average molecular weight is 675 g/mol. The molecule has 2 heterocycles. The zero-order chi connectivity index (χ0) is 29.8. The van der Waals surface area contributed by atoms with Gasteiger partial charge in [0.05, 0.1) is 40.9 Å². The van der Waals surface area contributed by atoms with Crippen molar-refractivity contribution >= 4 is 46.1 Å². The van der Waals surface area contributed by atoms with E-state index >= 15 is 0 Å². The Bertz CT molecular complexity index is 1340. The molecule has 0 radical (unpaired) electrons. The molecule has 220 valence electrons. The highest BCUT2D eigenvalue weighted by atomic mass is 127. The van der Waals surface area contributed by atoms with Crippen molar-refractivity contribution in [3.8, 4) is 11.5 Å². The summed E-state index contributed by atoms with van der Waals surface area (Å²) in [6, 6.07) is 9.26. The monoisotopic (exact) mass is 674 g/mol. The van der Waals surface area contributed by atoms with Crippen molar-refractivity contribution in [2.75, 3.05) is 20.3 Å². The van der Waals surface area contributed by atoms with Crippen LogP contribution in [0.1, 0.15) is 57.7 Å². The predicted molar refractivity (Wildman–Crippen MR) is 166 cm³/mol. The third-order valence-corrected chi connectivity index (χ3v) is 9.03. The van der Waals surface area contributed by atoms with Crippen molar-refractivity contribution in [1.29, 1.82) is 0 Å². The van der Waals surface area contributed by atoms with Crippen molar-refractivity contribution in [2.24, 2.45) is 23.7 Å². The minimum absolute atomic E-state index is 0.0510. The molecule has 2 aliphatic rings. The molecule has 2 amide bonds. The highest BCUT2D eigenvalue weighted by Crippen LogP contribution is 2.48. The number of hydrogen-bond acceptors (Lipinski definition) is 7. The summed E-state index contributed by atoms with van der Waals surface area (Å²) in [7, 11) is 1.51. The lowest BCUT2D eigenvalue weighted by Crippen LogP contribution is -2.39. The van der Waals surface area contributed by atoms with Crippen LogP contribution >= 0.6 is 22.6 Å². The first-order valence-electron chi connectivity index (χ1n) is 14.2. The Hall–Kier alpha value is -2.76. The summed E-state index contributed by atoms with van der Waals surface area (Å²) >= 11 is 2.06. The number of carbonyl (C=O) groups excluding carboxylic acids is 2. The van der Waals surface area contributed by atoms with Crippen LogP contribution in [0.25, 0.3) is 11.6 Å². The first kappa shape index (κ1) is 31.2. The smallest absolute Gasteiger partial charge is 0.233 e. The number of nitrogens with zero attached hydrogens (tertiary/aromatic N) is 2. The number of aliphatic hydroxyl groups is 2. The number of amides is 2. The van der Waals surface area contributed by atoms with Crippen LogP contribution in [0.5, 0.6) is 11.5 Å². The molecule has 9 heteroatoms. The van der Waals surface area contributed by atoms with Crippen LogP contribution in [-0.4, -0.2) is 63.4 Å². The van der Waals surface area contributed by atoms with E-state index in [0.717, 1.165) is 22.4 Å². The third kappa shape index (κ3) is 6.36. The standard InChI is InChI=1S/C32H39IN2O6/c1-5-12-35-31(39)22-16-21(18(2)3)28(23(17-36)29(22)32(35)40)26(37)10-9-20(25-8-6-7-11-34-25)13-19-14-24(33)30(38)27(15-19)41-4/h6-8,11,13-15,18,22-23,26,29,36-38H,5,9-10,12,16-17H2,1-4H3/b20-13-/t22-,23+,26-,29-/m1/s1. The molecule has 1 aliphatic carbocycles. The fourth-order valence-corrected chi connectivity index (χ4v) is 6.89. The summed E-state index contributed by atoms with van der Waals surface area (Å²) in [6.45, 7) is 6.05. The van der Waals surface area contributed by atoms with Gasteiger partial charge in [-0.3, -0.25) is 19.5 Å². The second kappa shape index (κ2) is 13.5. The normalized spacial score (nSPS) is 22.0. The first-order valence-corrected chi connectivity index (χ1v) is 15.3. The maximum Gasteiger partial charge on any atom is 0.233 e. The zero-order valence-electron chi connectivity index (χ0n) is 24.0. The number of carbonyl (C=O) groups is 2. The minimum atomic E-state index is -0.907. The molecule has 41 heavy (non-hydrogen) atoms. The number of halogens is 1. The number of pyridine rings is 1. The quantitative estimate of drug-likeness (QED) is 0.173. The summed E-state index contributed by atoms with van der Waals surface area (Å²) in [4.78, 5) is 32.4. The predicted octanol–water partition coefficient (Wildman–Crippen LogP) is 5.06. The highest BCUT2D eigenvalue weighted by molar-refractivity contribution is 14.1. The lowest BCUT2D eigenvalue weighted by Gasteiger charge is -2.38. The van der Waals surface area contributed by atoms with Crippen LogP contribution in [0, 0.1) is 27.2 Å². The maximum absolute atomic E-state index is 13.4. The molecule has 1 aliphatic heterocycles. The molecule has 3 N–H and O–H groups in total. The van der Waals surface area contributed by atoms with Gasteiger partial charge in [0.1, 0.15) is 0 Å². The number of allylic oxidation sites excluding steroid dienone is 2. The Morgan fingerprint density at radius 3 is 2.61 bits per heavy atom. The molecule has 0 spiro atoms. The summed E-state index contributed by atoms with van der Waals surface area (Å²) in [5, 5.41) is 32.5. The number of ether oxygens (including phenoxy) is 1. The van der Waals surface area contributed by atoms with Crippen molar-refractivity contribution < 1.29 is 29.6 Å². The van der Waals surface area contributed by atoms with Crippen LogP contribution in [0.4, 0.5) is 0 Å². The summed E-state index contributed by atoms with van der Waals surface area (Å²) < 4.78 is 5.99. The van der Waals surface area contributed by atoms with Crippen molar-refractivity contribution in [3.05, 3.63) is 62.5 Å². The van der Waals surface area contributed by atoms with Gasteiger partial charge in [-0.05, 0) is 101 Å². The SMILES string of the molecule is CCCN1C(=O)[C@@H]2[C@@H](CC(C(C)C)=C([C@H](O)CC/C(=C/c3cc(I)c(O)c(OC)c3)c3ccccn3)[C@@H]2CO)C1=O. The Kier molecular flexibility index (Phi) is 10.3. The van der Waals surface area contributed by atoms with E-state index in [1.807, 2.05) is 51.1 Å². The molecule has 1 aromatic carbocycles. The number of hydrogen-bond donors (Lipinski definition) is 3. The van der Waals surface area contributed by atoms with Gasteiger partial charge in [0, 0.05) is 18.7 Å². The van der Waals surface area contributed by atoms with Crippen LogP contribution in [0.3, 0.4) is 0 Å². The van der Waals surface area contributed by atoms with E-state index in [-0.39, 0.29) is 30.1 Å². The van der Waals surface area contributed by atoms with E-state index in [0.29, 0.717) is 47.1 Å². The average Bonchev–Trinajstić information content (AvgIpc) is 3.20. The van der Waals surface area contributed by atoms with Crippen LogP contribution in [0.2, 0.25) is 0 Å². The Balaban J connectivity index is 1.67. The molecular weight excluding hydrogens is 635 g/mol. The largest absolute Gasteiger partial charge is 0.504 e. The fraction of sp³-hybridized carbons (Fsp3) is 0.469. The van der Waals surface area contributed by atoms with Crippen molar-refractivity contribution in [1.82, 2.24) is 9.88 Å². The fourth-order valence-electron chi connectivity index (χ4n) is 6.26. The molecular formula is C32H39IN2O6. The Labute approximate surface area is 255 Å². The lowest BCUT2D eigenvalue weighted by atomic mass is 9.66. The number of phenolic OH excluding ortho intramolecular Hbond substituents is 1. The van der Waals surface area contributed by atoms with Gasteiger partial charge >= 0.3 is 0 Å². The Morgan fingerprint density at radius 1 is 1.24 bits per heavy atom. The van der Waals surface area contributed by atoms with Gasteiger partial charge in [-0.15, -0.1) is 0 Å². The molecule has 0 unspecified atom stereocenters. The number of imide groups is 1. The molecule has 0 bridgehead atoms. The number of phenols is 1. The maximum atomic E-state index is 13.4. The number of benzene rings is 1. The third-order valence-electron chi connectivity index (χ3n) is 8.20. The lowest BCUT2D eigenvalue weighted by molar-refractivity contribution is -0.140. The summed E-state index contributed by atoms with van der Waals surface area (Å²) in [6.07, 6.45) is 4.69. The Morgan fingerprint density at radius 2 is 2.00 bits per heavy atom. The molecule has 1 fully saturated rings. The molecule has 1 saturated heterocycles. The second-order valence-corrected chi connectivity index (χ2v) is 12.2. The minimum Gasteiger partial charge on any atom is -0.504 e. The summed E-state index contributed by atoms with van der Waals surface area (Å²) in [5.41, 5.74) is 4.12. The van der Waals surface area contributed by atoms with Gasteiger partial charge in [0.15, 0.2) is 11.5 Å². The number of methoxy groups -OCH3 is 1. The summed E-state index contributed by atoms with van der Waals surface area (Å²) in [5.74, 6) is -1.65. The molecule has 4 rings (SSSR count). The van der Waals surface area contributed by atoms with E-state index in [9.17, 15) is 24.9 Å². The van der Waals surface area contributed by atoms with Gasteiger partial charge in [0.25, 0.3) is 0 Å². The van der Waals surface area contributed by atoms with E-state index in [1.165, 1.54) is 12.0 Å². The second-order valence-electron chi connectivity index (χ2n) is 11.1. The van der Waals surface area contributed by atoms with Gasteiger partial charge < -0.3 is 20.1 Å². The first-order chi connectivity index (χ1) is 19.6. The van der Waals surface area contributed by atoms with Gasteiger partial charge in [-0.25, -0.2) is 0 Å².